The summed E-state index contributed by atoms with van der Waals surface area (Å²) >= 11 is 0. The van der Waals surface area contributed by atoms with Gasteiger partial charge in [0.15, 0.2) is 0 Å². The molecule has 0 aliphatic heterocycles. The molecule has 0 atom stereocenters. The maximum atomic E-state index is 13.1. The topological polar surface area (TPSA) is 70.7 Å². The Labute approximate surface area is 176 Å². The average molecular weight is 413 g/mol. The highest BCUT2D eigenvalue weighted by Crippen LogP contribution is 2.31. The Morgan fingerprint density at radius 3 is 2.40 bits per heavy atom. The molecule has 0 aromatic heterocycles. The van der Waals surface area contributed by atoms with Crippen molar-refractivity contribution in [1.82, 2.24) is 15.5 Å². The third-order valence-corrected chi connectivity index (χ3v) is 5.37. The van der Waals surface area contributed by atoms with Crippen LogP contribution in [0, 0.1) is 5.82 Å². The van der Waals surface area contributed by atoms with Crippen LogP contribution in [0.25, 0.3) is 0 Å². The van der Waals surface area contributed by atoms with Crippen molar-refractivity contribution >= 4 is 11.9 Å². The minimum Gasteiger partial charge on any atom is -0.492 e. The third kappa shape index (κ3) is 5.72. The second-order valence-corrected chi connectivity index (χ2v) is 7.61. The number of nitrogens with zero attached hydrogens (tertiary/aromatic N) is 1. The van der Waals surface area contributed by atoms with Crippen molar-refractivity contribution in [3.63, 3.8) is 0 Å². The number of ether oxygens (including phenoxy) is 1. The molecule has 160 valence electrons. The van der Waals surface area contributed by atoms with Crippen molar-refractivity contribution < 1.29 is 18.7 Å². The van der Waals surface area contributed by atoms with Crippen LogP contribution in [0.15, 0.2) is 54.6 Å². The second kappa shape index (κ2) is 10.1. The smallest absolute Gasteiger partial charge is 0.315 e. The van der Waals surface area contributed by atoms with Crippen molar-refractivity contribution in [2.24, 2.45) is 0 Å². The SMILES string of the molecule is CN(CCOc1ccc(F)cc1)C(=O)C1(NC(=O)NCc2ccccc2)CCCC1. The van der Waals surface area contributed by atoms with Gasteiger partial charge in [0, 0.05) is 13.6 Å². The van der Waals surface area contributed by atoms with Crippen LogP contribution in [0.3, 0.4) is 0 Å². The number of hydrogen-bond acceptors (Lipinski definition) is 3. The molecule has 2 aromatic rings. The van der Waals surface area contributed by atoms with Crippen LogP contribution < -0.4 is 15.4 Å². The first-order valence-electron chi connectivity index (χ1n) is 10.2. The van der Waals surface area contributed by atoms with E-state index in [4.69, 9.17) is 4.74 Å². The molecule has 3 amide bonds. The number of carbonyl (C=O) groups is 2. The van der Waals surface area contributed by atoms with E-state index in [0.29, 0.717) is 31.7 Å². The van der Waals surface area contributed by atoms with Crippen LogP contribution in [0.5, 0.6) is 5.75 Å². The first-order chi connectivity index (χ1) is 14.5. The quantitative estimate of drug-likeness (QED) is 0.696. The Morgan fingerprint density at radius 2 is 1.73 bits per heavy atom. The Bertz CT molecular complexity index is 837. The average Bonchev–Trinajstić information content (AvgIpc) is 3.23. The van der Waals surface area contributed by atoms with Crippen molar-refractivity contribution in [1.29, 1.82) is 0 Å². The number of amides is 3. The standard InChI is InChI=1S/C23H28FN3O3/c1-27(15-16-30-20-11-9-19(24)10-12-20)21(28)23(13-5-6-14-23)26-22(29)25-17-18-7-3-2-4-8-18/h2-4,7-12H,5-6,13-17H2,1H3,(H2,25,26,29). The van der Waals surface area contributed by atoms with Crippen molar-refractivity contribution in [2.45, 2.75) is 37.8 Å². The summed E-state index contributed by atoms with van der Waals surface area (Å²) in [6, 6.07) is 15.0. The normalized spacial score (nSPS) is 14.7. The maximum absolute atomic E-state index is 13.1. The second-order valence-electron chi connectivity index (χ2n) is 7.61. The summed E-state index contributed by atoms with van der Waals surface area (Å²) in [5.74, 6) is 0.109. The first kappa shape index (κ1) is 21.6. The lowest BCUT2D eigenvalue weighted by Gasteiger charge is -2.33. The lowest BCUT2D eigenvalue weighted by molar-refractivity contribution is -0.136. The van der Waals surface area contributed by atoms with Crippen LogP contribution >= 0.6 is 0 Å². The van der Waals surface area contributed by atoms with E-state index in [9.17, 15) is 14.0 Å². The van der Waals surface area contributed by atoms with Gasteiger partial charge in [-0.1, -0.05) is 43.2 Å². The molecule has 6 nitrogen and oxygen atoms in total. The van der Waals surface area contributed by atoms with Crippen LogP contribution in [0.4, 0.5) is 9.18 Å². The highest BCUT2D eigenvalue weighted by atomic mass is 19.1. The van der Waals surface area contributed by atoms with E-state index in [0.717, 1.165) is 18.4 Å². The zero-order chi connectivity index (χ0) is 21.4. The van der Waals surface area contributed by atoms with E-state index in [2.05, 4.69) is 10.6 Å². The van der Waals surface area contributed by atoms with Crippen molar-refractivity contribution in [3.8, 4) is 5.75 Å². The minimum atomic E-state index is -0.884. The van der Waals surface area contributed by atoms with Gasteiger partial charge in [-0.15, -0.1) is 0 Å². The molecule has 1 aliphatic rings. The summed E-state index contributed by atoms with van der Waals surface area (Å²) < 4.78 is 18.6. The van der Waals surface area contributed by atoms with Crippen molar-refractivity contribution in [2.75, 3.05) is 20.2 Å². The predicted molar refractivity (Wildman–Crippen MR) is 113 cm³/mol. The zero-order valence-corrected chi connectivity index (χ0v) is 17.2. The van der Waals surface area contributed by atoms with Gasteiger partial charge < -0.3 is 20.3 Å². The Morgan fingerprint density at radius 1 is 1.07 bits per heavy atom. The van der Waals surface area contributed by atoms with Gasteiger partial charge in [0.1, 0.15) is 23.7 Å². The van der Waals surface area contributed by atoms with E-state index in [1.807, 2.05) is 30.3 Å². The lowest BCUT2D eigenvalue weighted by atomic mass is 9.95. The molecule has 0 spiro atoms. The molecular weight excluding hydrogens is 385 g/mol. The highest BCUT2D eigenvalue weighted by Gasteiger charge is 2.44. The molecule has 0 unspecified atom stereocenters. The van der Waals surface area contributed by atoms with Gasteiger partial charge in [0.25, 0.3) is 0 Å². The summed E-state index contributed by atoms with van der Waals surface area (Å²) in [7, 11) is 1.71. The fourth-order valence-electron chi connectivity index (χ4n) is 3.71. The Kier molecular flexibility index (Phi) is 7.27. The van der Waals surface area contributed by atoms with Gasteiger partial charge >= 0.3 is 6.03 Å². The molecule has 1 saturated carbocycles. The molecule has 0 heterocycles. The number of hydrogen-bond donors (Lipinski definition) is 2. The Hall–Kier alpha value is -3.09. The Balaban J connectivity index is 1.52. The van der Waals surface area contributed by atoms with Crippen LogP contribution in [0.1, 0.15) is 31.2 Å². The van der Waals surface area contributed by atoms with E-state index < -0.39 is 5.54 Å². The highest BCUT2D eigenvalue weighted by molar-refractivity contribution is 5.91. The molecular formula is C23H28FN3O3. The van der Waals surface area contributed by atoms with Gasteiger partial charge in [-0.2, -0.15) is 0 Å². The monoisotopic (exact) mass is 413 g/mol. The molecule has 1 fully saturated rings. The summed E-state index contributed by atoms with van der Waals surface area (Å²) in [6.07, 6.45) is 3.02. The molecule has 30 heavy (non-hydrogen) atoms. The van der Waals surface area contributed by atoms with Crippen molar-refractivity contribution in [3.05, 3.63) is 66.0 Å². The molecule has 7 heteroatoms. The van der Waals surface area contributed by atoms with Gasteiger partial charge in [-0.05, 0) is 42.7 Å². The first-order valence-corrected chi connectivity index (χ1v) is 10.2. The van der Waals surface area contributed by atoms with Crippen LogP contribution in [-0.2, 0) is 11.3 Å². The van der Waals surface area contributed by atoms with E-state index >= 15 is 0 Å². The van der Waals surface area contributed by atoms with E-state index in [-0.39, 0.29) is 24.4 Å². The largest absolute Gasteiger partial charge is 0.492 e. The number of rotatable bonds is 8. The zero-order valence-electron chi connectivity index (χ0n) is 17.2. The summed E-state index contributed by atoms with van der Waals surface area (Å²) in [5, 5.41) is 5.77. The molecule has 3 rings (SSSR count). The fraction of sp³-hybridized carbons (Fsp3) is 0.391. The predicted octanol–water partition coefficient (Wildman–Crippen LogP) is 3.48. The molecule has 2 aromatic carbocycles. The summed E-state index contributed by atoms with van der Waals surface area (Å²) in [5.41, 5.74) is 0.111. The molecule has 0 radical (unpaired) electrons. The summed E-state index contributed by atoms with van der Waals surface area (Å²) in [4.78, 5) is 27.2. The molecule has 1 aliphatic carbocycles. The van der Waals surface area contributed by atoms with Gasteiger partial charge in [-0.3, -0.25) is 4.79 Å². The summed E-state index contributed by atoms with van der Waals surface area (Å²) in [6.45, 7) is 1.05. The third-order valence-electron chi connectivity index (χ3n) is 5.37. The number of carbonyl (C=O) groups excluding carboxylic acids is 2. The number of halogens is 1. The van der Waals surface area contributed by atoms with E-state index in [1.165, 1.54) is 12.1 Å². The number of nitrogens with one attached hydrogen (secondary N) is 2. The van der Waals surface area contributed by atoms with Crippen LogP contribution in [0.2, 0.25) is 0 Å². The minimum absolute atomic E-state index is 0.113. The van der Waals surface area contributed by atoms with Crippen LogP contribution in [-0.4, -0.2) is 42.6 Å². The van der Waals surface area contributed by atoms with E-state index in [1.54, 1.807) is 24.1 Å². The molecule has 0 saturated heterocycles. The molecule has 0 bridgehead atoms. The number of urea groups is 1. The van der Waals surface area contributed by atoms with Gasteiger partial charge in [0.05, 0.1) is 6.54 Å². The lowest BCUT2D eigenvalue weighted by Crippen LogP contribution is -2.59. The van der Waals surface area contributed by atoms with Gasteiger partial charge in [-0.25, -0.2) is 9.18 Å². The maximum Gasteiger partial charge on any atom is 0.315 e. The number of likely N-dealkylation sites (N-methyl/N-ethyl adjacent to an activating group) is 1. The molecule has 2 N–H and O–H groups in total. The number of benzene rings is 2. The van der Waals surface area contributed by atoms with Gasteiger partial charge in [0.2, 0.25) is 5.91 Å². The fourth-order valence-corrected chi connectivity index (χ4v) is 3.71.